The quantitative estimate of drug-likeness (QED) is 0.226. The smallest absolute Gasteiger partial charge is 0.186 e. The molecule has 0 radical (unpaired) electrons. The van der Waals surface area contributed by atoms with Crippen molar-refractivity contribution in [2.75, 3.05) is 6.61 Å². The lowest BCUT2D eigenvalue weighted by atomic mass is 9.43. The first-order valence-corrected chi connectivity index (χ1v) is 16.2. The number of aliphatic hydroxyl groups is 7. The Hall–Kier alpha value is -0.360. The first kappa shape index (κ1) is 32.0. The molecule has 238 valence electrons. The molecule has 9 nitrogen and oxygen atoms in total. The molecule has 0 aromatic carbocycles. The summed E-state index contributed by atoms with van der Waals surface area (Å²) in [4.78, 5) is 0. The molecule has 5 aliphatic rings. The number of ether oxygens (including phenoxy) is 2. The Bertz CT molecular complexity index is 902. The van der Waals surface area contributed by atoms with Crippen LogP contribution in [0.2, 0.25) is 0 Å². The molecular formula is C32H56O9. The van der Waals surface area contributed by atoms with E-state index < -0.39 is 49.0 Å². The molecule has 17 atom stereocenters. The summed E-state index contributed by atoms with van der Waals surface area (Å²) < 4.78 is 11.7. The van der Waals surface area contributed by atoms with Gasteiger partial charge in [-0.15, -0.1) is 0 Å². The fourth-order valence-electron chi connectivity index (χ4n) is 10.7. The normalized spacial score (nSPS) is 53.0. The molecule has 0 bridgehead atoms. The van der Waals surface area contributed by atoms with Gasteiger partial charge >= 0.3 is 0 Å². The molecule has 9 heteroatoms. The van der Waals surface area contributed by atoms with Crippen LogP contribution < -0.4 is 0 Å². The van der Waals surface area contributed by atoms with Gasteiger partial charge in [-0.2, -0.15) is 0 Å². The average Bonchev–Trinajstić information content (AvgIpc) is 3.35. The van der Waals surface area contributed by atoms with Crippen LogP contribution in [-0.4, -0.2) is 97.5 Å². The molecule has 1 saturated heterocycles. The molecule has 1 heterocycles. The van der Waals surface area contributed by atoms with Gasteiger partial charge in [-0.3, -0.25) is 0 Å². The molecule has 0 spiro atoms. The van der Waals surface area contributed by atoms with Crippen LogP contribution in [0.4, 0.5) is 0 Å². The van der Waals surface area contributed by atoms with E-state index in [0.29, 0.717) is 30.6 Å². The number of aliphatic hydroxyl groups excluding tert-OH is 7. The van der Waals surface area contributed by atoms with E-state index in [4.69, 9.17) is 9.47 Å². The maximum absolute atomic E-state index is 11.6. The lowest BCUT2D eigenvalue weighted by molar-refractivity contribution is -0.218. The minimum absolute atomic E-state index is 0.0485. The Morgan fingerprint density at radius 2 is 1.44 bits per heavy atom. The summed E-state index contributed by atoms with van der Waals surface area (Å²) in [7, 11) is 0. The largest absolute Gasteiger partial charge is 0.394 e. The zero-order valence-corrected chi connectivity index (χ0v) is 25.5. The van der Waals surface area contributed by atoms with Crippen molar-refractivity contribution < 1.29 is 45.2 Å². The predicted octanol–water partition coefficient (Wildman–Crippen LogP) is 1.82. The molecular weight excluding hydrogens is 528 g/mol. The number of hydrogen-bond acceptors (Lipinski definition) is 9. The van der Waals surface area contributed by atoms with Crippen LogP contribution in [0.15, 0.2) is 0 Å². The second-order valence-corrected chi connectivity index (χ2v) is 15.4. The topological polar surface area (TPSA) is 160 Å². The lowest BCUT2D eigenvalue weighted by Gasteiger charge is -2.63. The molecule has 0 aromatic heterocycles. The molecule has 4 saturated carbocycles. The van der Waals surface area contributed by atoms with Crippen LogP contribution in [-0.2, 0) is 9.47 Å². The van der Waals surface area contributed by atoms with E-state index in [0.717, 1.165) is 38.5 Å². The highest BCUT2D eigenvalue weighted by Crippen LogP contribution is 2.68. The number of hydrogen-bond donors (Lipinski definition) is 7. The van der Waals surface area contributed by atoms with Crippen molar-refractivity contribution in [2.24, 2.45) is 52.3 Å². The maximum atomic E-state index is 11.6. The maximum Gasteiger partial charge on any atom is 0.186 e. The number of fused-ring (bicyclic) bond motifs is 5. The highest BCUT2D eigenvalue weighted by molar-refractivity contribution is 5.14. The summed E-state index contributed by atoms with van der Waals surface area (Å²) in [5.74, 6) is 1.10. The first-order chi connectivity index (χ1) is 19.2. The molecule has 4 aliphatic carbocycles. The van der Waals surface area contributed by atoms with Gasteiger partial charge in [-0.1, -0.05) is 34.6 Å². The zero-order chi connectivity index (χ0) is 30.0. The van der Waals surface area contributed by atoms with E-state index in [1.807, 2.05) is 0 Å². The van der Waals surface area contributed by atoms with Crippen molar-refractivity contribution in [3.05, 3.63) is 0 Å². The zero-order valence-electron chi connectivity index (χ0n) is 25.5. The highest BCUT2D eigenvalue weighted by atomic mass is 16.7. The minimum Gasteiger partial charge on any atom is -0.394 e. The Labute approximate surface area is 245 Å². The van der Waals surface area contributed by atoms with Crippen LogP contribution >= 0.6 is 0 Å². The summed E-state index contributed by atoms with van der Waals surface area (Å²) >= 11 is 0. The molecule has 5 rings (SSSR count). The van der Waals surface area contributed by atoms with Gasteiger partial charge in [0.25, 0.3) is 0 Å². The highest BCUT2D eigenvalue weighted by Gasteiger charge is 2.66. The summed E-state index contributed by atoms with van der Waals surface area (Å²) in [6.45, 7) is 10.6. The van der Waals surface area contributed by atoms with Crippen LogP contribution in [0, 0.1) is 52.3 Å². The summed E-state index contributed by atoms with van der Waals surface area (Å²) in [5.41, 5.74) is -0.295. The van der Waals surface area contributed by atoms with E-state index in [9.17, 15) is 35.7 Å². The SMILES string of the molecule is CC(C)[C@H](CC[C@@H](C)C1C[C@@H](O)C2C3C[C@H](O)C4[C@@H](O)[C@@H](O)CC[C@]4(C)C3CC[C@]12C)O[C@@H]1O[C@H](CO)C(O)C1O. The van der Waals surface area contributed by atoms with Crippen LogP contribution in [0.3, 0.4) is 0 Å². The molecule has 7 unspecified atom stereocenters. The van der Waals surface area contributed by atoms with Crippen LogP contribution in [0.25, 0.3) is 0 Å². The third-order valence-corrected chi connectivity index (χ3v) is 12.9. The van der Waals surface area contributed by atoms with Crippen molar-refractivity contribution in [1.82, 2.24) is 0 Å². The third kappa shape index (κ3) is 5.33. The van der Waals surface area contributed by atoms with Gasteiger partial charge in [-0.05, 0) is 97.7 Å². The van der Waals surface area contributed by atoms with Crippen molar-refractivity contribution >= 4 is 0 Å². The Balaban J connectivity index is 1.27. The Morgan fingerprint density at radius 3 is 2.07 bits per heavy atom. The number of rotatable bonds is 8. The van der Waals surface area contributed by atoms with E-state index in [-0.39, 0.29) is 47.2 Å². The van der Waals surface area contributed by atoms with Gasteiger partial charge in [0.1, 0.15) is 18.3 Å². The van der Waals surface area contributed by atoms with Crippen molar-refractivity contribution in [3.8, 4) is 0 Å². The van der Waals surface area contributed by atoms with Crippen LogP contribution in [0.5, 0.6) is 0 Å². The van der Waals surface area contributed by atoms with Crippen molar-refractivity contribution in [1.29, 1.82) is 0 Å². The summed E-state index contributed by atoms with van der Waals surface area (Å²) in [6, 6.07) is 0. The van der Waals surface area contributed by atoms with Gasteiger partial charge in [0.15, 0.2) is 6.29 Å². The molecule has 1 aliphatic heterocycles. The van der Waals surface area contributed by atoms with Gasteiger partial charge < -0.3 is 45.2 Å². The summed E-state index contributed by atoms with van der Waals surface area (Å²) in [5, 5.41) is 74.1. The fraction of sp³-hybridized carbons (Fsp3) is 1.00. The fourth-order valence-corrected chi connectivity index (χ4v) is 10.7. The Kier molecular flexibility index (Phi) is 9.27. The second-order valence-electron chi connectivity index (χ2n) is 15.4. The Morgan fingerprint density at radius 1 is 0.780 bits per heavy atom. The van der Waals surface area contributed by atoms with Gasteiger partial charge in [0, 0.05) is 5.92 Å². The second kappa shape index (κ2) is 11.9. The van der Waals surface area contributed by atoms with Crippen molar-refractivity contribution in [3.63, 3.8) is 0 Å². The molecule has 41 heavy (non-hydrogen) atoms. The van der Waals surface area contributed by atoms with Gasteiger partial charge in [0.2, 0.25) is 0 Å². The van der Waals surface area contributed by atoms with Crippen LogP contribution in [0.1, 0.15) is 86.0 Å². The van der Waals surface area contributed by atoms with Gasteiger partial charge in [-0.25, -0.2) is 0 Å². The van der Waals surface area contributed by atoms with E-state index >= 15 is 0 Å². The monoisotopic (exact) mass is 584 g/mol. The summed E-state index contributed by atoms with van der Waals surface area (Å²) in [6.07, 6.45) is -0.872. The van der Waals surface area contributed by atoms with E-state index in [1.165, 1.54) is 0 Å². The predicted molar refractivity (Wildman–Crippen MR) is 151 cm³/mol. The standard InChI is InChI=1S/C32H56O9/c1-15(2)23(40-30-29(39)28(38)24(14-33)41-30)7-6-16(3)19-13-22(36)25-17-12-21(35)26-27(37)20(34)9-11-31(26,4)18(17)8-10-32(19,25)5/h15-30,33-39H,6-14H2,1-5H3/t16-,17?,18?,19?,20+,21+,22-,23+,24-,25?,26?,27+,28?,29?,30-,31-,32-/m1/s1. The molecule has 0 amide bonds. The van der Waals surface area contributed by atoms with Gasteiger partial charge in [0.05, 0.1) is 37.1 Å². The molecule has 5 fully saturated rings. The molecule has 7 N–H and O–H groups in total. The minimum atomic E-state index is -1.20. The van der Waals surface area contributed by atoms with E-state index in [2.05, 4.69) is 34.6 Å². The first-order valence-electron chi connectivity index (χ1n) is 16.2. The molecule has 0 aromatic rings. The third-order valence-electron chi connectivity index (χ3n) is 12.9. The lowest BCUT2D eigenvalue weighted by Crippen LogP contribution is -2.63. The van der Waals surface area contributed by atoms with Crippen molar-refractivity contribution in [2.45, 2.75) is 141 Å². The average molecular weight is 585 g/mol. The van der Waals surface area contributed by atoms with E-state index in [1.54, 1.807) is 0 Å².